The molecule has 0 spiro atoms. The van der Waals surface area contributed by atoms with Crippen molar-refractivity contribution in [3.8, 4) is 0 Å². The Bertz CT molecular complexity index is 403. The van der Waals surface area contributed by atoms with Crippen molar-refractivity contribution in [3.63, 3.8) is 0 Å². The van der Waals surface area contributed by atoms with Crippen molar-refractivity contribution in [1.82, 2.24) is 0 Å². The van der Waals surface area contributed by atoms with Gasteiger partial charge in [-0.15, -0.1) is 0 Å². The van der Waals surface area contributed by atoms with E-state index in [1.54, 1.807) is 19.1 Å². The summed E-state index contributed by atoms with van der Waals surface area (Å²) < 4.78 is 4.81. The molecule has 86 valence electrons. The largest absolute Gasteiger partial charge is 0.479 e. The van der Waals surface area contributed by atoms with Crippen molar-refractivity contribution in [2.24, 2.45) is 0 Å². The first-order chi connectivity index (χ1) is 7.54. The molecule has 0 heterocycles. The molecule has 0 aliphatic carbocycles. The minimum absolute atomic E-state index is 0.226. The number of nitrogen functional groups attached to an aromatic ring is 1. The van der Waals surface area contributed by atoms with E-state index < -0.39 is 18.0 Å². The van der Waals surface area contributed by atoms with Gasteiger partial charge in [0.2, 0.25) is 0 Å². The molecule has 1 aromatic carbocycles. The molecule has 16 heavy (non-hydrogen) atoms. The van der Waals surface area contributed by atoms with Gasteiger partial charge in [-0.2, -0.15) is 0 Å². The van der Waals surface area contributed by atoms with Gasteiger partial charge in [-0.1, -0.05) is 13.0 Å². The first-order valence-electron chi connectivity index (χ1n) is 4.84. The molecule has 1 aromatic rings. The lowest BCUT2D eigenvalue weighted by Gasteiger charge is -2.11. The van der Waals surface area contributed by atoms with Crippen LogP contribution in [0.15, 0.2) is 24.3 Å². The van der Waals surface area contributed by atoms with Gasteiger partial charge < -0.3 is 15.6 Å². The number of nitrogens with two attached hydrogens (primary N) is 1. The number of ether oxygens (including phenoxy) is 1. The van der Waals surface area contributed by atoms with E-state index in [-0.39, 0.29) is 12.0 Å². The number of aliphatic carboxylic acids is 1. The molecular weight excluding hydrogens is 210 g/mol. The first-order valence-corrected chi connectivity index (χ1v) is 4.84. The maximum absolute atomic E-state index is 11.5. The van der Waals surface area contributed by atoms with E-state index >= 15 is 0 Å². The molecule has 0 bridgehead atoms. The standard InChI is InChI=1S/C11H13NO4/c1-2-9(10(13)14)16-11(15)7-4-3-5-8(12)6-7/h3-6,9H,2,12H2,1H3,(H,13,14). The molecule has 1 rings (SSSR count). The van der Waals surface area contributed by atoms with Crippen LogP contribution in [-0.4, -0.2) is 23.1 Å². The predicted octanol–water partition coefficient (Wildman–Crippen LogP) is 1.29. The third kappa shape index (κ3) is 2.98. The van der Waals surface area contributed by atoms with Crippen LogP contribution in [-0.2, 0) is 9.53 Å². The third-order valence-electron chi connectivity index (χ3n) is 2.02. The summed E-state index contributed by atoms with van der Waals surface area (Å²) in [6.45, 7) is 1.63. The quantitative estimate of drug-likeness (QED) is 0.593. The highest BCUT2D eigenvalue weighted by molar-refractivity contribution is 5.92. The molecule has 5 nitrogen and oxygen atoms in total. The molecule has 1 atom stereocenters. The zero-order valence-corrected chi connectivity index (χ0v) is 8.84. The van der Waals surface area contributed by atoms with Gasteiger partial charge in [-0.3, -0.25) is 0 Å². The summed E-state index contributed by atoms with van der Waals surface area (Å²) in [7, 11) is 0. The van der Waals surface area contributed by atoms with Crippen LogP contribution in [0.4, 0.5) is 5.69 Å². The van der Waals surface area contributed by atoms with Crippen molar-refractivity contribution < 1.29 is 19.4 Å². The Labute approximate surface area is 92.8 Å². The Kier molecular flexibility index (Phi) is 3.88. The molecule has 0 saturated heterocycles. The summed E-state index contributed by atoms with van der Waals surface area (Å²) in [6.07, 6.45) is -0.891. The van der Waals surface area contributed by atoms with Gasteiger partial charge in [0, 0.05) is 5.69 Å². The lowest BCUT2D eigenvalue weighted by atomic mass is 10.2. The molecule has 0 aromatic heterocycles. The average molecular weight is 223 g/mol. The second-order valence-corrected chi connectivity index (χ2v) is 3.27. The van der Waals surface area contributed by atoms with E-state index in [2.05, 4.69) is 0 Å². The zero-order chi connectivity index (χ0) is 12.1. The Morgan fingerprint density at radius 3 is 2.69 bits per heavy atom. The Morgan fingerprint density at radius 2 is 2.19 bits per heavy atom. The lowest BCUT2D eigenvalue weighted by molar-refractivity contribution is -0.147. The predicted molar refractivity (Wildman–Crippen MR) is 58.0 cm³/mol. The highest BCUT2D eigenvalue weighted by Gasteiger charge is 2.20. The van der Waals surface area contributed by atoms with Gasteiger partial charge in [0.15, 0.2) is 6.10 Å². The fraction of sp³-hybridized carbons (Fsp3) is 0.273. The normalized spacial score (nSPS) is 11.8. The van der Waals surface area contributed by atoms with E-state index in [4.69, 9.17) is 15.6 Å². The van der Waals surface area contributed by atoms with Gasteiger partial charge in [-0.25, -0.2) is 9.59 Å². The van der Waals surface area contributed by atoms with E-state index in [1.807, 2.05) is 0 Å². The van der Waals surface area contributed by atoms with Crippen molar-refractivity contribution >= 4 is 17.6 Å². The summed E-state index contributed by atoms with van der Waals surface area (Å²) in [5.41, 5.74) is 6.17. The fourth-order valence-electron chi connectivity index (χ4n) is 1.17. The fourth-order valence-corrected chi connectivity index (χ4v) is 1.17. The van der Waals surface area contributed by atoms with Crippen LogP contribution in [0.2, 0.25) is 0 Å². The van der Waals surface area contributed by atoms with Crippen LogP contribution in [0.5, 0.6) is 0 Å². The van der Waals surface area contributed by atoms with Crippen molar-refractivity contribution in [1.29, 1.82) is 0 Å². The Balaban J connectivity index is 2.75. The van der Waals surface area contributed by atoms with Crippen LogP contribution in [0, 0.1) is 0 Å². The van der Waals surface area contributed by atoms with E-state index in [0.29, 0.717) is 5.69 Å². The molecular formula is C11H13NO4. The monoisotopic (exact) mass is 223 g/mol. The number of anilines is 1. The number of hydrogen-bond acceptors (Lipinski definition) is 4. The maximum Gasteiger partial charge on any atom is 0.345 e. The van der Waals surface area contributed by atoms with Crippen molar-refractivity contribution in [3.05, 3.63) is 29.8 Å². The SMILES string of the molecule is CCC(OC(=O)c1cccc(N)c1)C(=O)O. The van der Waals surface area contributed by atoms with Crippen LogP contribution in [0.3, 0.4) is 0 Å². The molecule has 0 aliphatic heterocycles. The van der Waals surface area contributed by atoms with Gasteiger partial charge in [0.1, 0.15) is 0 Å². The number of carboxylic acid groups (broad SMARTS) is 1. The summed E-state index contributed by atoms with van der Waals surface area (Å²) in [5.74, 6) is -1.83. The number of carboxylic acids is 1. The molecule has 0 amide bonds. The minimum atomic E-state index is -1.15. The Hall–Kier alpha value is -2.04. The van der Waals surface area contributed by atoms with E-state index in [1.165, 1.54) is 12.1 Å². The third-order valence-corrected chi connectivity index (χ3v) is 2.02. The van der Waals surface area contributed by atoms with Crippen molar-refractivity contribution in [2.75, 3.05) is 5.73 Å². The molecule has 0 aliphatic rings. The summed E-state index contributed by atoms with van der Waals surface area (Å²) in [5, 5.41) is 8.72. The second-order valence-electron chi connectivity index (χ2n) is 3.27. The maximum atomic E-state index is 11.5. The lowest BCUT2D eigenvalue weighted by Crippen LogP contribution is -2.26. The van der Waals surface area contributed by atoms with E-state index in [0.717, 1.165) is 0 Å². The molecule has 3 N–H and O–H groups in total. The number of esters is 1. The molecule has 1 unspecified atom stereocenters. The van der Waals surface area contributed by atoms with Crippen LogP contribution < -0.4 is 5.73 Å². The summed E-state index contributed by atoms with van der Waals surface area (Å²) >= 11 is 0. The first kappa shape index (κ1) is 12.0. The minimum Gasteiger partial charge on any atom is -0.479 e. The number of carbonyl (C=O) groups is 2. The van der Waals surface area contributed by atoms with Crippen molar-refractivity contribution in [2.45, 2.75) is 19.4 Å². The molecule has 0 saturated carbocycles. The highest BCUT2D eigenvalue weighted by atomic mass is 16.6. The number of benzene rings is 1. The zero-order valence-electron chi connectivity index (χ0n) is 8.84. The van der Waals surface area contributed by atoms with Gasteiger partial charge in [0.05, 0.1) is 5.56 Å². The van der Waals surface area contributed by atoms with E-state index in [9.17, 15) is 9.59 Å². The number of rotatable bonds is 4. The average Bonchev–Trinajstić information content (AvgIpc) is 2.25. The van der Waals surface area contributed by atoms with Gasteiger partial charge >= 0.3 is 11.9 Å². The molecule has 0 fully saturated rings. The van der Waals surface area contributed by atoms with Gasteiger partial charge in [-0.05, 0) is 24.6 Å². The van der Waals surface area contributed by atoms with Gasteiger partial charge in [0.25, 0.3) is 0 Å². The van der Waals surface area contributed by atoms with Crippen LogP contribution in [0.1, 0.15) is 23.7 Å². The topological polar surface area (TPSA) is 89.6 Å². The second kappa shape index (κ2) is 5.16. The van der Waals surface area contributed by atoms with Crippen LogP contribution >= 0.6 is 0 Å². The van der Waals surface area contributed by atoms with Crippen LogP contribution in [0.25, 0.3) is 0 Å². The summed E-state index contributed by atoms with van der Waals surface area (Å²) in [6, 6.07) is 6.20. The molecule has 5 heteroatoms. The molecule has 0 radical (unpaired) electrons. The highest BCUT2D eigenvalue weighted by Crippen LogP contribution is 2.10. The number of hydrogen-bond donors (Lipinski definition) is 2. The smallest absolute Gasteiger partial charge is 0.345 e. The summed E-state index contributed by atoms with van der Waals surface area (Å²) in [4.78, 5) is 22.2. The number of carbonyl (C=O) groups excluding carboxylic acids is 1. The Morgan fingerprint density at radius 1 is 1.50 bits per heavy atom.